The highest BCUT2D eigenvalue weighted by Gasteiger charge is 2.30. The molecule has 1 atom stereocenters. The molecule has 0 heterocycles. The Morgan fingerprint density at radius 1 is 1.12 bits per heavy atom. The predicted octanol–water partition coefficient (Wildman–Crippen LogP) is 4.47. The molecule has 7 nitrogen and oxygen atoms in total. The first kappa shape index (κ1) is 27.4. The summed E-state index contributed by atoms with van der Waals surface area (Å²) in [7, 11) is -3.87. The third-order valence-electron chi connectivity index (χ3n) is 4.84. The third-order valence-corrected chi connectivity index (χ3v) is 7.03. The van der Waals surface area contributed by atoms with E-state index in [9.17, 15) is 18.0 Å². The second-order valence-corrected chi connectivity index (χ2v) is 11.1. The minimum absolute atomic E-state index is 0.0916. The van der Waals surface area contributed by atoms with Crippen molar-refractivity contribution in [1.29, 1.82) is 0 Å². The number of anilines is 1. The molecule has 0 saturated heterocycles. The van der Waals surface area contributed by atoms with Gasteiger partial charge in [-0.05, 0) is 49.2 Å². The van der Waals surface area contributed by atoms with E-state index in [0.717, 1.165) is 27.0 Å². The molecule has 0 saturated carbocycles. The molecule has 0 aliphatic rings. The molecule has 180 valence electrons. The molecule has 0 fully saturated rings. The summed E-state index contributed by atoms with van der Waals surface area (Å²) in [6.07, 6.45) is 1.73. The standard InChI is InChI=1S/C22H26BrCl2N3O4S/c1-4-11-26-22(30)15(2)27(13-16-5-7-17(23)8-6-16)21(29)14-28(33(3,31)32)20-10-9-18(24)12-19(20)25/h5-10,12,15H,4,11,13-14H2,1-3H3,(H,26,30). The van der Waals surface area contributed by atoms with Crippen LogP contribution in [-0.4, -0.2) is 50.5 Å². The Balaban J connectivity index is 2.39. The van der Waals surface area contributed by atoms with Gasteiger partial charge in [0.2, 0.25) is 21.8 Å². The molecule has 0 radical (unpaired) electrons. The molecule has 0 aliphatic carbocycles. The average Bonchev–Trinajstić information content (AvgIpc) is 2.74. The number of rotatable bonds is 10. The minimum atomic E-state index is -3.87. The molecule has 0 aromatic heterocycles. The van der Waals surface area contributed by atoms with E-state index in [2.05, 4.69) is 21.2 Å². The second-order valence-electron chi connectivity index (χ2n) is 7.48. The smallest absolute Gasteiger partial charge is 0.244 e. The van der Waals surface area contributed by atoms with Crippen molar-refractivity contribution in [2.24, 2.45) is 0 Å². The summed E-state index contributed by atoms with van der Waals surface area (Å²) in [5.41, 5.74) is 0.917. The van der Waals surface area contributed by atoms with Gasteiger partial charge in [0.1, 0.15) is 12.6 Å². The number of benzene rings is 2. The van der Waals surface area contributed by atoms with Gasteiger partial charge in [-0.2, -0.15) is 0 Å². The van der Waals surface area contributed by atoms with E-state index >= 15 is 0 Å². The summed E-state index contributed by atoms with van der Waals surface area (Å²) >= 11 is 15.5. The van der Waals surface area contributed by atoms with Crippen molar-refractivity contribution in [2.75, 3.05) is 23.7 Å². The first-order valence-corrected chi connectivity index (χ1v) is 13.6. The maximum absolute atomic E-state index is 13.4. The molecular weight excluding hydrogens is 553 g/mol. The van der Waals surface area contributed by atoms with Crippen molar-refractivity contribution >= 4 is 66.7 Å². The van der Waals surface area contributed by atoms with E-state index in [4.69, 9.17) is 23.2 Å². The van der Waals surface area contributed by atoms with E-state index in [0.29, 0.717) is 11.6 Å². The maximum atomic E-state index is 13.4. The number of hydrogen-bond acceptors (Lipinski definition) is 4. The van der Waals surface area contributed by atoms with Gasteiger partial charge in [-0.25, -0.2) is 8.42 Å². The van der Waals surface area contributed by atoms with Gasteiger partial charge in [-0.3, -0.25) is 13.9 Å². The number of hydrogen-bond donors (Lipinski definition) is 1. The van der Waals surface area contributed by atoms with Crippen LogP contribution in [0.1, 0.15) is 25.8 Å². The van der Waals surface area contributed by atoms with Gasteiger partial charge in [0.05, 0.1) is 17.0 Å². The Labute approximate surface area is 213 Å². The first-order chi connectivity index (χ1) is 15.4. The van der Waals surface area contributed by atoms with Gasteiger partial charge in [-0.15, -0.1) is 0 Å². The molecule has 2 aromatic rings. The zero-order valence-electron chi connectivity index (χ0n) is 18.5. The molecule has 2 rings (SSSR count). The number of carbonyl (C=O) groups excluding carboxylic acids is 2. The highest BCUT2D eigenvalue weighted by atomic mass is 79.9. The molecular formula is C22H26BrCl2N3O4S. The number of nitrogens with one attached hydrogen (secondary N) is 1. The highest BCUT2D eigenvalue weighted by molar-refractivity contribution is 9.10. The van der Waals surface area contributed by atoms with Gasteiger partial charge in [0, 0.05) is 22.6 Å². The van der Waals surface area contributed by atoms with Gasteiger partial charge >= 0.3 is 0 Å². The summed E-state index contributed by atoms with van der Waals surface area (Å²) in [4.78, 5) is 27.4. The zero-order chi connectivity index (χ0) is 24.8. The number of nitrogens with zero attached hydrogens (tertiary/aromatic N) is 2. The Hall–Kier alpha value is -1.81. The van der Waals surface area contributed by atoms with E-state index in [-0.39, 0.29) is 23.2 Å². The molecule has 0 aliphatic heterocycles. The molecule has 33 heavy (non-hydrogen) atoms. The monoisotopic (exact) mass is 577 g/mol. The van der Waals surface area contributed by atoms with Crippen LogP contribution < -0.4 is 9.62 Å². The van der Waals surface area contributed by atoms with Gasteiger partial charge < -0.3 is 10.2 Å². The molecule has 1 N–H and O–H groups in total. The summed E-state index contributed by atoms with van der Waals surface area (Å²) in [6, 6.07) is 10.8. The third kappa shape index (κ3) is 7.88. The SMILES string of the molecule is CCCNC(=O)C(C)N(Cc1ccc(Br)cc1)C(=O)CN(c1ccc(Cl)cc1Cl)S(C)(=O)=O. The molecule has 0 bridgehead atoms. The van der Waals surface area contributed by atoms with Crippen molar-refractivity contribution in [3.63, 3.8) is 0 Å². The predicted molar refractivity (Wildman–Crippen MR) is 136 cm³/mol. The zero-order valence-corrected chi connectivity index (χ0v) is 22.4. The number of carbonyl (C=O) groups is 2. The summed E-state index contributed by atoms with van der Waals surface area (Å²) in [5, 5.41) is 3.21. The molecule has 11 heteroatoms. The fourth-order valence-corrected chi connectivity index (χ4v) is 4.73. The van der Waals surface area contributed by atoms with Crippen LogP contribution in [0.15, 0.2) is 46.9 Å². The van der Waals surface area contributed by atoms with Gasteiger partial charge in [0.15, 0.2) is 0 Å². The van der Waals surface area contributed by atoms with E-state index in [1.54, 1.807) is 6.92 Å². The van der Waals surface area contributed by atoms with E-state index in [1.807, 2.05) is 31.2 Å². The maximum Gasteiger partial charge on any atom is 0.244 e. The Morgan fingerprint density at radius 2 is 1.76 bits per heavy atom. The summed E-state index contributed by atoms with van der Waals surface area (Å²) in [6.45, 7) is 3.61. The lowest BCUT2D eigenvalue weighted by atomic mass is 10.1. The van der Waals surface area contributed by atoms with Crippen LogP contribution in [0.2, 0.25) is 10.0 Å². The van der Waals surface area contributed by atoms with Crippen molar-refractivity contribution < 1.29 is 18.0 Å². The van der Waals surface area contributed by atoms with Crippen molar-refractivity contribution in [3.8, 4) is 0 Å². The normalized spacial score (nSPS) is 12.2. The Kier molecular flexibility index (Phi) is 10.0. The van der Waals surface area contributed by atoms with Crippen LogP contribution in [0, 0.1) is 0 Å². The fraction of sp³-hybridized carbons (Fsp3) is 0.364. The summed E-state index contributed by atoms with van der Waals surface area (Å²) < 4.78 is 26.9. The van der Waals surface area contributed by atoms with Gasteiger partial charge in [0.25, 0.3) is 0 Å². The Bertz CT molecular complexity index is 1100. The number of amides is 2. The summed E-state index contributed by atoms with van der Waals surface area (Å²) in [5.74, 6) is -0.869. The Morgan fingerprint density at radius 3 is 2.30 bits per heavy atom. The lowest BCUT2D eigenvalue weighted by molar-refractivity contribution is -0.139. The van der Waals surface area contributed by atoms with Crippen LogP contribution in [0.25, 0.3) is 0 Å². The van der Waals surface area contributed by atoms with Crippen LogP contribution in [0.5, 0.6) is 0 Å². The fourth-order valence-electron chi connectivity index (χ4n) is 3.04. The van der Waals surface area contributed by atoms with Crippen LogP contribution in [0.3, 0.4) is 0 Å². The topological polar surface area (TPSA) is 86.8 Å². The first-order valence-electron chi connectivity index (χ1n) is 10.2. The van der Waals surface area contributed by atoms with E-state index < -0.39 is 28.5 Å². The van der Waals surface area contributed by atoms with Crippen molar-refractivity contribution in [2.45, 2.75) is 32.9 Å². The molecule has 0 spiro atoms. The van der Waals surface area contributed by atoms with Crippen molar-refractivity contribution in [3.05, 3.63) is 62.5 Å². The van der Waals surface area contributed by atoms with Crippen LogP contribution in [0.4, 0.5) is 5.69 Å². The van der Waals surface area contributed by atoms with Crippen molar-refractivity contribution in [1.82, 2.24) is 10.2 Å². The molecule has 2 amide bonds. The molecule has 1 unspecified atom stereocenters. The lowest BCUT2D eigenvalue weighted by Gasteiger charge is -2.31. The number of halogens is 3. The minimum Gasteiger partial charge on any atom is -0.354 e. The second kappa shape index (κ2) is 12.1. The molecule has 2 aromatic carbocycles. The quantitative estimate of drug-likeness (QED) is 0.451. The highest BCUT2D eigenvalue weighted by Crippen LogP contribution is 2.30. The largest absolute Gasteiger partial charge is 0.354 e. The van der Waals surface area contributed by atoms with Crippen LogP contribution >= 0.6 is 39.1 Å². The van der Waals surface area contributed by atoms with Gasteiger partial charge in [-0.1, -0.05) is 58.2 Å². The number of sulfonamides is 1. The van der Waals surface area contributed by atoms with E-state index in [1.165, 1.54) is 23.1 Å². The van der Waals surface area contributed by atoms with Crippen LogP contribution in [-0.2, 0) is 26.2 Å². The average molecular weight is 579 g/mol. The lowest BCUT2D eigenvalue weighted by Crippen LogP contribution is -2.51.